The lowest BCUT2D eigenvalue weighted by molar-refractivity contribution is 0.0937. The van der Waals surface area contributed by atoms with Crippen molar-refractivity contribution in [3.63, 3.8) is 0 Å². The molecular formula is C19H24NO2. The molecule has 4 rings (SSSR count). The molecule has 3 aliphatic rings. The summed E-state index contributed by atoms with van der Waals surface area (Å²) in [4.78, 5) is 0. The van der Waals surface area contributed by atoms with Crippen molar-refractivity contribution in [3.8, 4) is 5.75 Å². The molecule has 2 saturated carbocycles. The molecule has 22 heavy (non-hydrogen) atoms. The number of hydrogen-bond donors (Lipinski definition) is 1. The van der Waals surface area contributed by atoms with E-state index in [-0.39, 0.29) is 5.41 Å². The molecule has 4 atom stereocenters. The van der Waals surface area contributed by atoms with Crippen molar-refractivity contribution in [3.05, 3.63) is 29.3 Å². The van der Waals surface area contributed by atoms with E-state index in [1.807, 2.05) is 0 Å². The number of aryl methyl sites for hydroxylation is 1. The summed E-state index contributed by atoms with van der Waals surface area (Å²) in [6, 6.07) is 7.58. The fourth-order valence-corrected chi connectivity index (χ4v) is 5.55. The maximum atomic E-state index is 9.36. The molecule has 0 bridgehead atoms. The Balaban J connectivity index is 1.71. The van der Waals surface area contributed by atoms with Crippen molar-refractivity contribution in [2.75, 3.05) is 7.11 Å². The van der Waals surface area contributed by atoms with Crippen LogP contribution < -0.4 is 4.74 Å². The van der Waals surface area contributed by atoms with E-state index in [9.17, 15) is 5.21 Å². The lowest BCUT2D eigenvalue weighted by Gasteiger charge is -2.48. The minimum absolute atomic E-state index is 0.123. The van der Waals surface area contributed by atoms with Crippen LogP contribution in [0.3, 0.4) is 0 Å². The van der Waals surface area contributed by atoms with Gasteiger partial charge in [0.05, 0.1) is 12.8 Å². The second-order valence-electron chi connectivity index (χ2n) is 7.44. The lowest BCUT2D eigenvalue weighted by Crippen LogP contribution is -2.42. The molecule has 3 heteroatoms. The molecule has 1 radical (unpaired) electrons. The Morgan fingerprint density at radius 2 is 2.18 bits per heavy atom. The third-order valence-corrected chi connectivity index (χ3v) is 6.71. The van der Waals surface area contributed by atoms with Crippen LogP contribution in [0.4, 0.5) is 0 Å². The Labute approximate surface area is 132 Å². The van der Waals surface area contributed by atoms with Gasteiger partial charge in [-0.1, -0.05) is 12.1 Å². The summed E-state index contributed by atoms with van der Waals surface area (Å²) >= 11 is 0. The summed E-state index contributed by atoms with van der Waals surface area (Å²) < 4.78 is 5.39. The maximum absolute atomic E-state index is 9.36. The van der Waals surface area contributed by atoms with E-state index in [1.54, 1.807) is 7.11 Å². The molecule has 1 aromatic rings. The van der Waals surface area contributed by atoms with E-state index in [2.05, 4.69) is 30.3 Å². The molecule has 117 valence electrons. The molecule has 0 spiro atoms. The molecule has 0 aliphatic heterocycles. The van der Waals surface area contributed by atoms with Gasteiger partial charge in [0.25, 0.3) is 0 Å². The Hall–Kier alpha value is -1.51. The third kappa shape index (κ3) is 1.84. The zero-order valence-electron chi connectivity index (χ0n) is 13.4. The standard InChI is InChI=1S/C19H24NO2/c1-19-10-9-14-15(17(19)7-8-18(19)20-21)6-4-12-3-5-13(22-2)11-16(12)14/h3,11,14-15,17,21H,4,6-10H2,1-2H3/b20-18+/t14-,15+,17-,19-/m0/s1. The number of fused-ring (bicyclic) bond motifs is 5. The first-order valence-electron chi connectivity index (χ1n) is 8.47. The average molecular weight is 298 g/mol. The summed E-state index contributed by atoms with van der Waals surface area (Å²) in [6.45, 7) is 2.32. The number of oxime groups is 1. The monoisotopic (exact) mass is 298 g/mol. The molecule has 3 aliphatic carbocycles. The molecule has 0 saturated heterocycles. The molecule has 1 aromatic carbocycles. The van der Waals surface area contributed by atoms with E-state index in [0.717, 1.165) is 36.6 Å². The fourth-order valence-electron chi connectivity index (χ4n) is 5.55. The highest BCUT2D eigenvalue weighted by Gasteiger charge is 2.53. The number of ether oxygens (including phenoxy) is 1. The molecular weight excluding hydrogens is 274 g/mol. The Morgan fingerprint density at radius 3 is 2.95 bits per heavy atom. The number of benzene rings is 1. The number of methoxy groups -OCH3 is 1. The quantitative estimate of drug-likeness (QED) is 0.624. The van der Waals surface area contributed by atoms with Crippen molar-refractivity contribution in [2.24, 2.45) is 22.4 Å². The summed E-state index contributed by atoms with van der Waals surface area (Å²) in [5.41, 5.74) is 4.11. The van der Waals surface area contributed by atoms with Crippen LogP contribution in [-0.4, -0.2) is 18.0 Å². The normalized spacial score (nSPS) is 38.3. The molecule has 0 amide bonds. The van der Waals surface area contributed by atoms with Gasteiger partial charge >= 0.3 is 0 Å². The van der Waals surface area contributed by atoms with E-state index in [0.29, 0.717) is 11.8 Å². The van der Waals surface area contributed by atoms with E-state index in [4.69, 9.17) is 4.74 Å². The average Bonchev–Trinajstić information content (AvgIpc) is 2.90. The Bertz CT molecular complexity index is 624. The van der Waals surface area contributed by atoms with Crippen molar-refractivity contribution in [1.82, 2.24) is 0 Å². The van der Waals surface area contributed by atoms with Gasteiger partial charge in [0, 0.05) is 11.5 Å². The van der Waals surface area contributed by atoms with Crippen LogP contribution >= 0.6 is 0 Å². The van der Waals surface area contributed by atoms with Gasteiger partial charge in [-0.15, -0.1) is 0 Å². The maximum Gasteiger partial charge on any atom is 0.127 e. The molecule has 1 N–H and O–H groups in total. The number of nitrogens with zero attached hydrogens (tertiary/aromatic N) is 1. The van der Waals surface area contributed by atoms with Crippen LogP contribution in [-0.2, 0) is 6.42 Å². The smallest absolute Gasteiger partial charge is 0.127 e. The first-order valence-corrected chi connectivity index (χ1v) is 8.47. The van der Waals surface area contributed by atoms with Crippen LogP contribution in [0.25, 0.3) is 0 Å². The summed E-state index contributed by atoms with van der Waals surface area (Å²) in [6.07, 6.45) is 6.89. The summed E-state index contributed by atoms with van der Waals surface area (Å²) in [7, 11) is 1.72. The summed E-state index contributed by atoms with van der Waals surface area (Å²) in [5, 5.41) is 13.0. The van der Waals surface area contributed by atoms with Crippen molar-refractivity contribution >= 4 is 5.71 Å². The predicted molar refractivity (Wildman–Crippen MR) is 85.7 cm³/mol. The van der Waals surface area contributed by atoms with E-state index >= 15 is 0 Å². The summed E-state index contributed by atoms with van der Waals surface area (Å²) in [5.74, 6) is 2.89. The van der Waals surface area contributed by atoms with Crippen molar-refractivity contribution in [2.45, 2.75) is 51.4 Å². The third-order valence-electron chi connectivity index (χ3n) is 6.71. The molecule has 0 heterocycles. The lowest BCUT2D eigenvalue weighted by atomic mass is 9.55. The van der Waals surface area contributed by atoms with Crippen molar-refractivity contribution < 1.29 is 9.94 Å². The molecule has 0 unspecified atom stereocenters. The molecule has 2 fully saturated rings. The van der Waals surface area contributed by atoms with Crippen LogP contribution in [0, 0.1) is 23.3 Å². The topological polar surface area (TPSA) is 41.8 Å². The second-order valence-corrected chi connectivity index (χ2v) is 7.44. The Kier molecular flexibility index (Phi) is 3.21. The van der Waals surface area contributed by atoms with Gasteiger partial charge in [-0.25, -0.2) is 0 Å². The predicted octanol–water partition coefficient (Wildman–Crippen LogP) is 4.18. The van der Waals surface area contributed by atoms with E-state index in [1.165, 1.54) is 30.4 Å². The SMILES string of the molecule is COc1[c]cc2c(c1)[C@H]1CC[C@]3(C)/C(=N/O)CC[C@H]3[C@@H]1CC2. The largest absolute Gasteiger partial charge is 0.496 e. The second kappa shape index (κ2) is 5.00. The van der Waals surface area contributed by atoms with Gasteiger partial charge in [-0.3, -0.25) is 0 Å². The number of rotatable bonds is 1. The van der Waals surface area contributed by atoms with Crippen LogP contribution in [0.1, 0.15) is 56.1 Å². The number of hydrogen-bond acceptors (Lipinski definition) is 3. The molecule has 0 aromatic heterocycles. The van der Waals surface area contributed by atoms with Crippen molar-refractivity contribution in [1.29, 1.82) is 0 Å². The van der Waals surface area contributed by atoms with Crippen LogP contribution in [0.15, 0.2) is 17.3 Å². The van der Waals surface area contributed by atoms with Crippen LogP contribution in [0.2, 0.25) is 0 Å². The first-order chi connectivity index (χ1) is 10.7. The minimum Gasteiger partial charge on any atom is -0.496 e. The highest BCUT2D eigenvalue weighted by Crippen LogP contribution is 2.59. The highest BCUT2D eigenvalue weighted by atomic mass is 16.5. The van der Waals surface area contributed by atoms with Gasteiger partial charge in [0.1, 0.15) is 5.75 Å². The van der Waals surface area contributed by atoms with Gasteiger partial charge in [-0.2, -0.15) is 0 Å². The first kappa shape index (κ1) is 14.1. The highest BCUT2D eigenvalue weighted by molar-refractivity contribution is 5.92. The Morgan fingerprint density at radius 1 is 1.32 bits per heavy atom. The van der Waals surface area contributed by atoms with Gasteiger partial charge in [-0.05, 0) is 79.5 Å². The van der Waals surface area contributed by atoms with Crippen LogP contribution in [0.5, 0.6) is 5.75 Å². The van der Waals surface area contributed by atoms with Gasteiger partial charge in [0.2, 0.25) is 0 Å². The fraction of sp³-hybridized carbons (Fsp3) is 0.632. The molecule has 3 nitrogen and oxygen atoms in total. The van der Waals surface area contributed by atoms with Gasteiger partial charge < -0.3 is 9.94 Å². The minimum atomic E-state index is 0.123. The zero-order chi connectivity index (χ0) is 15.3. The van der Waals surface area contributed by atoms with Gasteiger partial charge in [0.15, 0.2) is 0 Å². The van der Waals surface area contributed by atoms with E-state index < -0.39 is 0 Å². The zero-order valence-corrected chi connectivity index (χ0v) is 13.4.